The Labute approximate surface area is 128 Å². The highest BCUT2D eigenvalue weighted by Crippen LogP contribution is 2.37. The molecule has 1 aliphatic heterocycles. The zero-order chi connectivity index (χ0) is 15.7. The van der Waals surface area contributed by atoms with Gasteiger partial charge in [0.15, 0.2) is 0 Å². The van der Waals surface area contributed by atoms with Gasteiger partial charge >= 0.3 is 0 Å². The number of rotatable bonds is 3. The van der Waals surface area contributed by atoms with Crippen LogP contribution in [0.4, 0.5) is 0 Å². The smallest absolute Gasteiger partial charge is 0.249 e. The van der Waals surface area contributed by atoms with Crippen molar-refractivity contribution in [2.75, 3.05) is 6.54 Å². The molecule has 0 radical (unpaired) electrons. The van der Waals surface area contributed by atoms with Crippen molar-refractivity contribution in [1.82, 2.24) is 10.2 Å². The molecule has 1 saturated heterocycles. The molecule has 4 heteroatoms. The molecule has 1 spiro atoms. The fraction of sp³-hybridized carbons (Fsp3) is 0.765. The summed E-state index contributed by atoms with van der Waals surface area (Å²) in [5.74, 6) is 0.123. The molecule has 21 heavy (non-hydrogen) atoms. The van der Waals surface area contributed by atoms with Gasteiger partial charge in [0, 0.05) is 6.54 Å². The first kappa shape index (κ1) is 16.1. The van der Waals surface area contributed by atoms with Gasteiger partial charge in [-0.2, -0.15) is 0 Å². The van der Waals surface area contributed by atoms with Gasteiger partial charge in [-0.05, 0) is 40.0 Å². The SMILES string of the molecule is CCC1(C)C(=O)NC2(CCCCC2)C(=O)N1CC=C(C)C. The Bertz CT molecular complexity index is 459. The molecule has 2 amide bonds. The first-order valence-corrected chi connectivity index (χ1v) is 8.14. The van der Waals surface area contributed by atoms with E-state index in [1.165, 1.54) is 5.57 Å². The fourth-order valence-electron chi connectivity index (χ4n) is 3.41. The number of carbonyl (C=O) groups excluding carboxylic acids is 2. The first-order valence-electron chi connectivity index (χ1n) is 8.14. The molecule has 1 aliphatic carbocycles. The summed E-state index contributed by atoms with van der Waals surface area (Å²) >= 11 is 0. The second-order valence-corrected chi connectivity index (χ2v) is 6.92. The fourth-order valence-corrected chi connectivity index (χ4v) is 3.41. The highest BCUT2D eigenvalue weighted by atomic mass is 16.2. The lowest BCUT2D eigenvalue weighted by atomic mass is 9.76. The van der Waals surface area contributed by atoms with Crippen molar-refractivity contribution in [3.8, 4) is 0 Å². The number of allylic oxidation sites excluding steroid dienone is 1. The highest BCUT2D eigenvalue weighted by molar-refractivity contribution is 6.02. The van der Waals surface area contributed by atoms with Crippen molar-refractivity contribution < 1.29 is 9.59 Å². The van der Waals surface area contributed by atoms with E-state index in [2.05, 4.69) is 5.32 Å². The summed E-state index contributed by atoms with van der Waals surface area (Å²) in [6, 6.07) is 0. The molecule has 0 bridgehead atoms. The van der Waals surface area contributed by atoms with Crippen molar-refractivity contribution in [3.05, 3.63) is 11.6 Å². The van der Waals surface area contributed by atoms with Crippen molar-refractivity contribution in [1.29, 1.82) is 0 Å². The molecule has 2 rings (SSSR count). The third-order valence-electron chi connectivity index (χ3n) is 5.17. The van der Waals surface area contributed by atoms with Crippen LogP contribution in [0.15, 0.2) is 11.6 Å². The monoisotopic (exact) mass is 292 g/mol. The van der Waals surface area contributed by atoms with Crippen LogP contribution in [0.3, 0.4) is 0 Å². The van der Waals surface area contributed by atoms with E-state index < -0.39 is 11.1 Å². The Morgan fingerprint density at radius 1 is 1.24 bits per heavy atom. The molecule has 0 aromatic heterocycles. The van der Waals surface area contributed by atoms with Gasteiger partial charge in [-0.15, -0.1) is 0 Å². The Morgan fingerprint density at radius 3 is 2.38 bits per heavy atom. The number of nitrogens with one attached hydrogen (secondary N) is 1. The van der Waals surface area contributed by atoms with Gasteiger partial charge in [-0.1, -0.05) is 37.8 Å². The van der Waals surface area contributed by atoms with E-state index in [1.807, 2.05) is 38.7 Å². The molecule has 2 fully saturated rings. The predicted molar refractivity (Wildman–Crippen MR) is 83.8 cm³/mol. The summed E-state index contributed by atoms with van der Waals surface area (Å²) in [6.45, 7) is 8.43. The Kier molecular flexibility index (Phi) is 4.45. The molecule has 1 heterocycles. The standard InChI is InChI=1S/C17H28N2O2/c1-5-16(4)14(20)18-17(10-7-6-8-11-17)15(21)19(16)12-9-13(2)3/h9H,5-8,10-12H2,1-4H3,(H,18,20). The maximum Gasteiger partial charge on any atom is 0.249 e. The van der Waals surface area contributed by atoms with Gasteiger partial charge in [-0.25, -0.2) is 0 Å². The van der Waals surface area contributed by atoms with E-state index in [-0.39, 0.29) is 11.8 Å². The zero-order valence-corrected chi connectivity index (χ0v) is 13.8. The van der Waals surface area contributed by atoms with Crippen LogP contribution in [0.25, 0.3) is 0 Å². The molecule has 2 aliphatic rings. The average molecular weight is 292 g/mol. The van der Waals surface area contributed by atoms with Crippen LogP contribution in [-0.2, 0) is 9.59 Å². The van der Waals surface area contributed by atoms with E-state index >= 15 is 0 Å². The molecule has 1 unspecified atom stereocenters. The third-order valence-corrected chi connectivity index (χ3v) is 5.17. The lowest BCUT2D eigenvalue weighted by Gasteiger charge is -2.52. The minimum Gasteiger partial charge on any atom is -0.340 e. The van der Waals surface area contributed by atoms with Gasteiger partial charge in [0.25, 0.3) is 0 Å². The lowest BCUT2D eigenvalue weighted by Crippen LogP contribution is -2.75. The predicted octanol–water partition coefficient (Wildman–Crippen LogP) is 2.78. The lowest BCUT2D eigenvalue weighted by molar-refractivity contribution is -0.163. The van der Waals surface area contributed by atoms with Crippen LogP contribution in [0.1, 0.15) is 66.2 Å². The normalized spacial score (nSPS) is 28.5. The molecule has 1 saturated carbocycles. The van der Waals surface area contributed by atoms with Gasteiger partial charge in [0.2, 0.25) is 11.8 Å². The van der Waals surface area contributed by atoms with Gasteiger partial charge < -0.3 is 10.2 Å². The van der Waals surface area contributed by atoms with Gasteiger partial charge in [0.1, 0.15) is 11.1 Å². The summed E-state index contributed by atoms with van der Waals surface area (Å²) in [4.78, 5) is 27.6. The third kappa shape index (κ3) is 2.72. The largest absolute Gasteiger partial charge is 0.340 e. The minimum atomic E-state index is -0.730. The van der Waals surface area contributed by atoms with Gasteiger partial charge in [-0.3, -0.25) is 9.59 Å². The number of nitrogens with zero attached hydrogens (tertiary/aromatic N) is 1. The highest BCUT2D eigenvalue weighted by Gasteiger charge is 2.55. The number of hydrogen-bond acceptors (Lipinski definition) is 2. The van der Waals surface area contributed by atoms with Crippen molar-refractivity contribution in [2.24, 2.45) is 0 Å². The van der Waals surface area contributed by atoms with Crippen LogP contribution >= 0.6 is 0 Å². The van der Waals surface area contributed by atoms with Crippen molar-refractivity contribution in [2.45, 2.75) is 77.3 Å². The Hall–Kier alpha value is -1.32. The van der Waals surface area contributed by atoms with E-state index in [0.717, 1.165) is 32.1 Å². The molecule has 1 atom stereocenters. The van der Waals surface area contributed by atoms with Crippen molar-refractivity contribution >= 4 is 11.8 Å². The number of amides is 2. The first-order chi connectivity index (χ1) is 9.85. The van der Waals surface area contributed by atoms with Crippen LogP contribution in [0, 0.1) is 0 Å². The van der Waals surface area contributed by atoms with Crippen LogP contribution < -0.4 is 5.32 Å². The average Bonchev–Trinajstić information content (AvgIpc) is 2.46. The molecule has 4 nitrogen and oxygen atoms in total. The zero-order valence-electron chi connectivity index (χ0n) is 13.8. The Morgan fingerprint density at radius 2 is 1.86 bits per heavy atom. The minimum absolute atomic E-state index is 0.00801. The molecular weight excluding hydrogens is 264 g/mol. The van der Waals surface area contributed by atoms with E-state index in [1.54, 1.807) is 0 Å². The van der Waals surface area contributed by atoms with Gasteiger partial charge in [0.05, 0.1) is 0 Å². The summed E-state index contributed by atoms with van der Waals surface area (Å²) in [7, 11) is 0. The van der Waals surface area contributed by atoms with Crippen LogP contribution in [0.5, 0.6) is 0 Å². The summed E-state index contributed by atoms with van der Waals surface area (Å²) in [5, 5.41) is 3.09. The molecule has 0 aromatic rings. The van der Waals surface area contributed by atoms with Crippen LogP contribution in [0.2, 0.25) is 0 Å². The topological polar surface area (TPSA) is 49.4 Å². The van der Waals surface area contributed by atoms with Crippen molar-refractivity contribution in [3.63, 3.8) is 0 Å². The van der Waals surface area contributed by atoms with Crippen LogP contribution in [-0.4, -0.2) is 34.3 Å². The molecule has 1 N–H and O–H groups in total. The Balaban J connectivity index is 2.36. The quantitative estimate of drug-likeness (QED) is 0.813. The maximum absolute atomic E-state index is 13.1. The summed E-state index contributed by atoms with van der Waals surface area (Å²) in [5.41, 5.74) is -0.199. The molecule has 118 valence electrons. The second kappa shape index (κ2) is 5.82. The molecular formula is C17H28N2O2. The number of carbonyl (C=O) groups is 2. The van der Waals surface area contributed by atoms with E-state index in [4.69, 9.17) is 0 Å². The summed E-state index contributed by atoms with van der Waals surface area (Å²) in [6.07, 6.45) is 7.43. The van der Waals surface area contributed by atoms with E-state index in [0.29, 0.717) is 13.0 Å². The number of hydrogen-bond donors (Lipinski definition) is 1. The molecule has 0 aromatic carbocycles. The summed E-state index contributed by atoms with van der Waals surface area (Å²) < 4.78 is 0. The number of piperazine rings is 1. The van der Waals surface area contributed by atoms with E-state index in [9.17, 15) is 9.59 Å². The second-order valence-electron chi connectivity index (χ2n) is 6.92. The maximum atomic E-state index is 13.1.